The molecule has 0 spiro atoms. The predicted molar refractivity (Wildman–Crippen MR) is 76.3 cm³/mol. The molecule has 0 aliphatic carbocycles. The van der Waals surface area contributed by atoms with Crippen LogP contribution in [0.5, 0.6) is 0 Å². The molecule has 0 bridgehead atoms. The first-order chi connectivity index (χ1) is 10.1. The summed E-state index contributed by atoms with van der Waals surface area (Å²) in [7, 11) is 0. The van der Waals surface area contributed by atoms with Crippen molar-refractivity contribution >= 4 is 17.5 Å². The first kappa shape index (κ1) is 15.4. The third-order valence-corrected chi connectivity index (χ3v) is 3.30. The van der Waals surface area contributed by atoms with Gasteiger partial charge in [-0.25, -0.2) is 4.39 Å². The van der Waals surface area contributed by atoms with E-state index in [4.69, 9.17) is 4.74 Å². The number of nitrogens with zero attached hydrogens (tertiary/aromatic N) is 1. The highest BCUT2D eigenvalue weighted by Crippen LogP contribution is 2.09. The minimum absolute atomic E-state index is 0.0794. The highest BCUT2D eigenvalue weighted by atomic mass is 19.1. The second-order valence-electron chi connectivity index (χ2n) is 4.99. The fourth-order valence-electron chi connectivity index (χ4n) is 2.20. The van der Waals surface area contributed by atoms with Crippen LogP contribution in [0.4, 0.5) is 10.1 Å². The number of ether oxygens (including phenoxy) is 1. The van der Waals surface area contributed by atoms with E-state index in [2.05, 4.69) is 5.32 Å². The van der Waals surface area contributed by atoms with Gasteiger partial charge < -0.3 is 15.0 Å². The average Bonchev–Trinajstić information content (AvgIpc) is 2.50. The molecule has 1 fully saturated rings. The van der Waals surface area contributed by atoms with Crippen molar-refractivity contribution in [1.82, 2.24) is 4.90 Å². The van der Waals surface area contributed by atoms with E-state index in [1.165, 1.54) is 24.3 Å². The summed E-state index contributed by atoms with van der Waals surface area (Å²) in [6.45, 7) is 1.25. The van der Waals surface area contributed by atoms with Crippen LogP contribution in [-0.2, 0) is 14.3 Å². The van der Waals surface area contributed by atoms with Crippen molar-refractivity contribution in [2.45, 2.75) is 19.3 Å². The fraction of sp³-hybridized carbons (Fsp3) is 0.467. The molecular formula is C15H19FN2O3. The zero-order valence-corrected chi connectivity index (χ0v) is 11.8. The van der Waals surface area contributed by atoms with E-state index in [0.717, 1.165) is 32.4 Å². The van der Waals surface area contributed by atoms with Gasteiger partial charge >= 0.3 is 0 Å². The molecular weight excluding hydrogens is 275 g/mol. The van der Waals surface area contributed by atoms with Crippen LogP contribution >= 0.6 is 0 Å². The lowest BCUT2D eigenvalue weighted by molar-refractivity contribution is -0.138. The summed E-state index contributed by atoms with van der Waals surface area (Å²) in [6.07, 6.45) is 3.21. The zero-order chi connectivity index (χ0) is 15.1. The van der Waals surface area contributed by atoms with Crippen LogP contribution in [0.1, 0.15) is 19.3 Å². The zero-order valence-electron chi connectivity index (χ0n) is 11.8. The minimum atomic E-state index is -0.368. The van der Waals surface area contributed by atoms with Crippen molar-refractivity contribution < 1.29 is 18.7 Å². The standard InChI is InChI=1S/C15H19FN2O3/c16-12-4-6-13(7-5-12)17-14(19)10-21-11-15(20)18-8-2-1-3-9-18/h4-7H,1-3,8-11H2,(H,17,19). The maximum Gasteiger partial charge on any atom is 0.250 e. The Bertz CT molecular complexity index is 484. The van der Waals surface area contributed by atoms with E-state index in [0.29, 0.717) is 5.69 Å². The molecule has 5 nitrogen and oxygen atoms in total. The van der Waals surface area contributed by atoms with Gasteiger partial charge in [0.05, 0.1) is 0 Å². The van der Waals surface area contributed by atoms with Crippen LogP contribution in [-0.4, -0.2) is 43.0 Å². The summed E-state index contributed by atoms with van der Waals surface area (Å²) in [5, 5.41) is 2.57. The van der Waals surface area contributed by atoms with Crippen LogP contribution in [0, 0.1) is 5.82 Å². The normalized spacial score (nSPS) is 14.8. The molecule has 0 unspecified atom stereocenters. The molecule has 0 radical (unpaired) electrons. The number of piperidine rings is 1. The first-order valence-electron chi connectivity index (χ1n) is 7.06. The lowest BCUT2D eigenvalue weighted by Gasteiger charge is -2.26. The van der Waals surface area contributed by atoms with Gasteiger partial charge in [0.15, 0.2) is 0 Å². The Balaban J connectivity index is 1.66. The lowest BCUT2D eigenvalue weighted by Crippen LogP contribution is -2.38. The third-order valence-electron chi connectivity index (χ3n) is 3.30. The van der Waals surface area contributed by atoms with Crippen LogP contribution < -0.4 is 5.32 Å². The molecule has 2 rings (SSSR count). The predicted octanol–water partition coefficient (Wildman–Crippen LogP) is 1.79. The Morgan fingerprint density at radius 1 is 1.10 bits per heavy atom. The Labute approximate surface area is 123 Å². The molecule has 2 amide bonds. The number of halogens is 1. The van der Waals surface area contributed by atoms with E-state index in [1.807, 2.05) is 0 Å². The van der Waals surface area contributed by atoms with Gasteiger partial charge in [0.2, 0.25) is 11.8 Å². The van der Waals surface area contributed by atoms with Crippen molar-refractivity contribution in [2.24, 2.45) is 0 Å². The molecule has 1 aromatic rings. The van der Waals surface area contributed by atoms with Gasteiger partial charge in [0, 0.05) is 18.8 Å². The van der Waals surface area contributed by atoms with E-state index < -0.39 is 0 Å². The number of carbonyl (C=O) groups excluding carboxylic acids is 2. The first-order valence-corrected chi connectivity index (χ1v) is 7.06. The van der Waals surface area contributed by atoms with E-state index in [-0.39, 0.29) is 30.8 Å². The van der Waals surface area contributed by atoms with E-state index >= 15 is 0 Å². The largest absolute Gasteiger partial charge is 0.362 e. The summed E-state index contributed by atoms with van der Waals surface area (Å²) in [6, 6.07) is 5.45. The van der Waals surface area contributed by atoms with Gasteiger partial charge in [-0.3, -0.25) is 9.59 Å². The number of hydrogen-bond donors (Lipinski definition) is 1. The number of hydrogen-bond acceptors (Lipinski definition) is 3. The van der Waals surface area contributed by atoms with Gasteiger partial charge in [-0.1, -0.05) is 0 Å². The van der Waals surface area contributed by atoms with Gasteiger partial charge in [0.1, 0.15) is 19.0 Å². The topological polar surface area (TPSA) is 58.6 Å². The molecule has 21 heavy (non-hydrogen) atoms. The lowest BCUT2D eigenvalue weighted by atomic mass is 10.1. The Morgan fingerprint density at radius 3 is 2.43 bits per heavy atom. The molecule has 6 heteroatoms. The molecule has 1 aliphatic heterocycles. The summed E-state index contributed by atoms with van der Waals surface area (Å²) in [5.41, 5.74) is 0.493. The Kier molecular flexibility index (Phi) is 5.68. The summed E-state index contributed by atoms with van der Waals surface area (Å²) in [5.74, 6) is -0.811. The van der Waals surface area contributed by atoms with Crippen molar-refractivity contribution in [3.63, 3.8) is 0 Å². The van der Waals surface area contributed by atoms with Gasteiger partial charge in [-0.05, 0) is 43.5 Å². The molecule has 1 saturated heterocycles. The SMILES string of the molecule is O=C(COCC(=O)N1CCCCC1)Nc1ccc(F)cc1. The second kappa shape index (κ2) is 7.73. The van der Waals surface area contributed by atoms with Crippen LogP contribution in [0.3, 0.4) is 0 Å². The maximum atomic E-state index is 12.7. The number of anilines is 1. The van der Waals surface area contributed by atoms with Gasteiger partial charge in [-0.2, -0.15) is 0 Å². The summed E-state index contributed by atoms with van der Waals surface area (Å²) >= 11 is 0. The average molecular weight is 294 g/mol. The monoisotopic (exact) mass is 294 g/mol. The molecule has 1 aliphatic rings. The molecule has 0 atom stereocenters. The summed E-state index contributed by atoms with van der Waals surface area (Å²) in [4.78, 5) is 25.2. The summed E-state index contributed by atoms with van der Waals surface area (Å²) < 4.78 is 17.8. The van der Waals surface area contributed by atoms with Crippen molar-refractivity contribution in [1.29, 1.82) is 0 Å². The van der Waals surface area contributed by atoms with Crippen LogP contribution in [0.15, 0.2) is 24.3 Å². The molecule has 0 saturated carbocycles. The van der Waals surface area contributed by atoms with Crippen LogP contribution in [0.25, 0.3) is 0 Å². The maximum absolute atomic E-state index is 12.7. The molecule has 1 aromatic carbocycles. The second-order valence-corrected chi connectivity index (χ2v) is 4.99. The fourth-order valence-corrected chi connectivity index (χ4v) is 2.20. The smallest absolute Gasteiger partial charge is 0.250 e. The number of benzene rings is 1. The molecule has 1 N–H and O–H groups in total. The minimum Gasteiger partial charge on any atom is -0.362 e. The molecule has 114 valence electrons. The van der Waals surface area contributed by atoms with Gasteiger partial charge in [0.25, 0.3) is 0 Å². The van der Waals surface area contributed by atoms with Crippen molar-refractivity contribution in [2.75, 3.05) is 31.6 Å². The molecule has 0 aromatic heterocycles. The number of nitrogens with one attached hydrogen (secondary N) is 1. The van der Waals surface area contributed by atoms with Crippen molar-refractivity contribution in [3.05, 3.63) is 30.1 Å². The number of likely N-dealkylation sites (tertiary alicyclic amines) is 1. The third kappa shape index (κ3) is 5.15. The Morgan fingerprint density at radius 2 is 1.76 bits per heavy atom. The number of carbonyl (C=O) groups is 2. The van der Waals surface area contributed by atoms with Crippen molar-refractivity contribution in [3.8, 4) is 0 Å². The number of amides is 2. The van der Waals surface area contributed by atoms with E-state index in [9.17, 15) is 14.0 Å². The molecule has 1 heterocycles. The number of rotatable bonds is 5. The Hall–Kier alpha value is -1.95. The highest BCUT2D eigenvalue weighted by Gasteiger charge is 2.16. The van der Waals surface area contributed by atoms with E-state index in [1.54, 1.807) is 4.90 Å². The van der Waals surface area contributed by atoms with Gasteiger partial charge in [-0.15, -0.1) is 0 Å². The highest BCUT2D eigenvalue weighted by molar-refractivity contribution is 5.91. The van der Waals surface area contributed by atoms with Crippen LogP contribution in [0.2, 0.25) is 0 Å². The quantitative estimate of drug-likeness (QED) is 0.900.